The van der Waals surface area contributed by atoms with Crippen LogP contribution < -0.4 is 10.5 Å². The second kappa shape index (κ2) is 8.80. The molecule has 1 aromatic carbocycles. The second-order valence-electron chi connectivity index (χ2n) is 8.49. The Hall–Kier alpha value is -3.50. The molecule has 3 aromatic rings. The molecule has 2 N–H and O–H groups in total. The Morgan fingerprint density at radius 2 is 2.15 bits per heavy atom. The number of aryl methyl sites for hydroxylation is 1. The van der Waals surface area contributed by atoms with Gasteiger partial charge in [-0.2, -0.15) is 4.52 Å². The molecule has 33 heavy (non-hydrogen) atoms. The van der Waals surface area contributed by atoms with Gasteiger partial charge in [-0.25, -0.2) is 14.4 Å². The summed E-state index contributed by atoms with van der Waals surface area (Å²) < 4.78 is 20.7. The van der Waals surface area contributed by atoms with E-state index in [9.17, 15) is 14.0 Å². The van der Waals surface area contributed by atoms with Crippen molar-refractivity contribution < 1.29 is 18.7 Å². The number of likely N-dealkylation sites (N-methyl/N-ethyl adjacent to an activating group) is 2. The van der Waals surface area contributed by atoms with Gasteiger partial charge in [0.05, 0.1) is 12.6 Å². The Bertz CT molecular complexity index is 1230. The summed E-state index contributed by atoms with van der Waals surface area (Å²) in [5.74, 6) is 0.253. The van der Waals surface area contributed by atoms with E-state index in [1.54, 1.807) is 19.0 Å². The molecule has 0 radical (unpaired) electrons. The molecule has 4 rings (SSSR count). The molecule has 0 bridgehead atoms. The summed E-state index contributed by atoms with van der Waals surface area (Å²) >= 11 is 0. The molecular formula is C22H28FN7O3. The standard InChI is InChI=1S/C22H28FN7O3/c1-12(28(2)21(32)16-8-9-19(31)29(16)3)6-5-7-18-26-20-13-10-14(23)17(33-4)11-15(13)25-22(24)30(20)27-18/h10-12,16H,5-9H2,1-4H3,(H2,24,25)/t12-,16?/m0/s1. The molecule has 0 aliphatic carbocycles. The number of anilines is 1. The molecule has 0 saturated carbocycles. The molecule has 1 aliphatic rings. The fourth-order valence-corrected chi connectivity index (χ4v) is 4.23. The van der Waals surface area contributed by atoms with Gasteiger partial charge in [0.1, 0.15) is 6.04 Å². The minimum Gasteiger partial charge on any atom is -0.494 e. The first kappa shape index (κ1) is 22.7. The van der Waals surface area contributed by atoms with Crippen LogP contribution in [0.2, 0.25) is 0 Å². The zero-order chi connectivity index (χ0) is 23.9. The van der Waals surface area contributed by atoms with Crippen molar-refractivity contribution in [3.63, 3.8) is 0 Å². The SMILES string of the molecule is COc1cc2nc(N)n3nc(CCC[C@H](C)N(C)C(=O)C4CCC(=O)N4C)nc3c2cc1F. The molecule has 2 atom stereocenters. The molecule has 11 heteroatoms. The van der Waals surface area contributed by atoms with Crippen LogP contribution in [0, 0.1) is 5.82 Å². The predicted octanol–water partition coefficient (Wildman–Crippen LogP) is 1.80. The van der Waals surface area contributed by atoms with Gasteiger partial charge in [0, 0.05) is 44.4 Å². The van der Waals surface area contributed by atoms with Crippen LogP contribution >= 0.6 is 0 Å². The average Bonchev–Trinajstić information content (AvgIpc) is 3.37. The number of rotatable bonds is 7. The highest BCUT2D eigenvalue weighted by Crippen LogP contribution is 2.27. The lowest BCUT2D eigenvalue weighted by atomic mass is 10.1. The highest BCUT2D eigenvalue weighted by Gasteiger charge is 2.35. The van der Waals surface area contributed by atoms with Crippen molar-refractivity contribution in [2.75, 3.05) is 26.9 Å². The normalized spacial score (nSPS) is 17.2. The van der Waals surface area contributed by atoms with Crippen LogP contribution in [0.5, 0.6) is 5.75 Å². The van der Waals surface area contributed by atoms with E-state index in [2.05, 4.69) is 15.1 Å². The van der Waals surface area contributed by atoms with Crippen molar-refractivity contribution in [1.29, 1.82) is 0 Å². The third kappa shape index (κ3) is 4.14. The topological polar surface area (TPSA) is 119 Å². The Labute approximate surface area is 190 Å². The maximum Gasteiger partial charge on any atom is 0.245 e. The number of halogens is 1. The smallest absolute Gasteiger partial charge is 0.245 e. The number of nitrogens with zero attached hydrogens (tertiary/aromatic N) is 6. The molecule has 10 nitrogen and oxygen atoms in total. The second-order valence-corrected chi connectivity index (χ2v) is 8.49. The molecule has 1 fully saturated rings. The zero-order valence-corrected chi connectivity index (χ0v) is 19.2. The molecule has 2 aromatic heterocycles. The van der Waals surface area contributed by atoms with Crippen molar-refractivity contribution in [3.05, 3.63) is 23.8 Å². The van der Waals surface area contributed by atoms with Crippen LogP contribution in [0.25, 0.3) is 16.6 Å². The summed E-state index contributed by atoms with van der Waals surface area (Å²) in [7, 11) is 4.84. The van der Waals surface area contributed by atoms with E-state index < -0.39 is 5.82 Å². The summed E-state index contributed by atoms with van der Waals surface area (Å²) in [4.78, 5) is 36.6. The number of carbonyl (C=O) groups is 2. The largest absolute Gasteiger partial charge is 0.494 e. The minimum absolute atomic E-state index is 0.00642. The summed E-state index contributed by atoms with van der Waals surface area (Å²) in [6.45, 7) is 1.98. The Morgan fingerprint density at radius 3 is 2.82 bits per heavy atom. The zero-order valence-electron chi connectivity index (χ0n) is 19.2. The number of carbonyl (C=O) groups excluding carboxylic acids is 2. The van der Waals surface area contributed by atoms with Crippen LogP contribution in [0.1, 0.15) is 38.4 Å². The number of likely N-dealkylation sites (tertiary alicyclic amines) is 1. The fraction of sp³-hybridized carbons (Fsp3) is 0.500. The van der Waals surface area contributed by atoms with Crippen molar-refractivity contribution in [1.82, 2.24) is 29.4 Å². The number of methoxy groups -OCH3 is 1. The summed E-state index contributed by atoms with van der Waals surface area (Å²) in [6, 6.07) is 2.42. The van der Waals surface area contributed by atoms with Gasteiger partial charge in [0.2, 0.25) is 17.8 Å². The number of benzene rings is 1. The Balaban J connectivity index is 1.44. The van der Waals surface area contributed by atoms with Gasteiger partial charge in [0.25, 0.3) is 0 Å². The monoisotopic (exact) mass is 457 g/mol. The van der Waals surface area contributed by atoms with E-state index in [0.717, 1.165) is 12.8 Å². The van der Waals surface area contributed by atoms with Crippen molar-refractivity contribution >= 4 is 34.3 Å². The van der Waals surface area contributed by atoms with E-state index in [1.165, 1.54) is 28.7 Å². The van der Waals surface area contributed by atoms with E-state index in [0.29, 0.717) is 41.6 Å². The Morgan fingerprint density at radius 1 is 1.39 bits per heavy atom. The number of amides is 2. The summed E-state index contributed by atoms with van der Waals surface area (Å²) in [6.07, 6.45) is 3.02. The van der Waals surface area contributed by atoms with Gasteiger partial charge >= 0.3 is 0 Å². The molecule has 0 spiro atoms. The average molecular weight is 458 g/mol. The van der Waals surface area contributed by atoms with Crippen molar-refractivity contribution in [2.45, 2.75) is 51.1 Å². The van der Waals surface area contributed by atoms with Gasteiger partial charge in [-0.3, -0.25) is 9.59 Å². The molecule has 176 valence electrons. The van der Waals surface area contributed by atoms with Gasteiger partial charge < -0.3 is 20.3 Å². The van der Waals surface area contributed by atoms with E-state index in [1.807, 2.05) is 6.92 Å². The molecule has 1 saturated heterocycles. The predicted molar refractivity (Wildman–Crippen MR) is 120 cm³/mol. The number of aromatic nitrogens is 4. The lowest BCUT2D eigenvalue weighted by Gasteiger charge is -2.30. The quantitative estimate of drug-likeness (QED) is 0.575. The fourth-order valence-electron chi connectivity index (χ4n) is 4.23. The van der Waals surface area contributed by atoms with E-state index in [-0.39, 0.29) is 35.6 Å². The molecular weight excluding hydrogens is 429 g/mol. The van der Waals surface area contributed by atoms with Crippen LogP contribution in [0.4, 0.5) is 10.3 Å². The number of nitrogens with two attached hydrogens (primary N) is 1. The Kier molecular flexibility index (Phi) is 6.05. The number of hydrogen-bond acceptors (Lipinski definition) is 7. The third-order valence-electron chi connectivity index (χ3n) is 6.42. The maximum absolute atomic E-state index is 14.2. The highest BCUT2D eigenvalue weighted by molar-refractivity contribution is 5.93. The van der Waals surface area contributed by atoms with Crippen molar-refractivity contribution in [2.24, 2.45) is 0 Å². The summed E-state index contributed by atoms with van der Waals surface area (Å²) in [5, 5.41) is 4.93. The number of fused-ring (bicyclic) bond motifs is 3. The molecule has 1 unspecified atom stereocenters. The van der Waals surface area contributed by atoms with Gasteiger partial charge in [-0.1, -0.05) is 0 Å². The third-order valence-corrected chi connectivity index (χ3v) is 6.42. The first-order valence-electron chi connectivity index (χ1n) is 10.9. The van der Waals surface area contributed by atoms with Crippen LogP contribution in [0.3, 0.4) is 0 Å². The lowest BCUT2D eigenvalue weighted by Crippen LogP contribution is -2.46. The first-order chi connectivity index (χ1) is 15.7. The van der Waals surface area contributed by atoms with Crippen molar-refractivity contribution in [3.8, 4) is 5.75 Å². The van der Waals surface area contributed by atoms with E-state index in [4.69, 9.17) is 10.5 Å². The molecule has 1 aliphatic heterocycles. The summed E-state index contributed by atoms with van der Waals surface area (Å²) in [5.41, 5.74) is 6.95. The number of ether oxygens (including phenoxy) is 1. The number of nitrogen functional groups attached to an aromatic ring is 1. The highest BCUT2D eigenvalue weighted by atomic mass is 19.1. The van der Waals surface area contributed by atoms with Gasteiger partial charge in [-0.05, 0) is 32.3 Å². The van der Waals surface area contributed by atoms with Gasteiger partial charge in [-0.15, -0.1) is 5.10 Å². The first-order valence-corrected chi connectivity index (χ1v) is 10.9. The number of hydrogen-bond donors (Lipinski definition) is 1. The molecule has 2 amide bonds. The van der Waals surface area contributed by atoms with Crippen LogP contribution in [0.15, 0.2) is 12.1 Å². The van der Waals surface area contributed by atoms with Gasteiger partial charge in [0.15, 0.2) is 23.0 Å². The van der Waals surface area contributed by atoms with E-state index >= 15 is 0 Å². The lowest BCUT2D eigenvalue weighted by molar-refractivity contribution is -0.140. The minimum atomic E-state index is -0.515. The maximum atomic E-state index is 14.2. The van der Waals surface area contributed by atoms with Crippen LogP contribution in [-0.2, 0) is 16.0 Å². The molecule has 3 heterocycles. The van der Waals surface area contributed by atoms with Crippen LogP contribution in [-0.4, -0.2) is 74.5 Å².